The third kappa shape index (κ3) is 3.72. The van der Waals surface area contributed by atoms with Crippen LogP contribution in [0.3, 0.4) is 0 Å². The third-order valence-electron chi connectivity index (χ3n) is 5.03. The van der Waals surface area contributed by atoms with Crippen molar-refractivity contribution in [3.8, 4) is 22.6 Å². The molecule has 0 radical (unpaired) electrons. The fraction of sp³-hybridized carbons (Fsp3) is 0.167. The molecule has 1 amide bonds. The third-order valence-corrected chi connectivity index (χ3v) is 5.03. The van der Waals surface area contributed by atoms with E-state index in [1.54, 1.807) is 19.2 Å². The number of fused-ring (bicyclic) bond motifs is 1. The molecule has 3 aromatic rings. The van der Waals surface area contributed by atoms with Crippen LogP contribution < -0.4 is 20.1 Å². The maximum atomic E-state index is 11.3. The number of methoxy groups -OCH3 is 1. The van der Waals surface area contributed by atoms with Gasteiger partial charge in [0, 0.05) is 23.0 Å². The molecule has 0 bridgehead atoms. The molecule has 152 valence electrons. The maximum Gasteiger partial charge on any atom is 0.248 e. The maximum absolute atomic E-state index is 11.3. The highest BCUT2D eigenvalue weighted by Gasteiger charge is 2.17. The largest absolute Gasteiger partial charge is 0.493 e. The first kappa shape index (κ1) is 19.5. The van der Waals surface area contributed by atoms with Crippen LogP contribution >= 0.6 is 0 Å². The minimum absolute atomic E-state index is 0.436. The van der Waals surface area contributed by atoms with Crippen molar-refractivity contribution < 1.29 is 14.3 Å². The smallest absolute Gasteiger partial charge is 0.248 e. The Morgan fingerprint density at radius 3 is 2.47 bits per heavy atom. The van der Waals surface area contributed by atoms with Gasteiger partial charge in [0.1, 0.15) is 6.67 Å². The number of hydrogen-bond donors (Lipinski definition) is 1. The predicted molar refractivity (Wildman–Crippen MR) is 119 cm³/mol. The number of hydrogen-bond acceptors (Lipinski definition) is 5. The second-order valence-corrected chi connectivity index (χ2v) is 6.86. The molecule has 0 unspecified atom stereocenters. The average molecular weight is 401 g/mol. The van der Waals surface area contributed by atoms with E-state index in [2.05, 4.69) is 28.1 Å². The molecule has 1 aliphatic rings. The quantitative estimate of drug-likeness (QED) is 0.665. The Morgan fingerprint density at radius 1 is 1.03 bits per heavy atom. The minimum Gasteiger partial charge on any atom is -0.493 e. The van der Waals surface area contributed by atoms with Crippen molar-refractivity contribution >= 4 is 23.5 Å². The Hall–Kier alpha value is -3.80. The number of primary amides is 1. The van der Waals surface area contributed by atoms with Crippen LogP contribution in [0.5, 0.6) is 11.5 Å². The topological polar surface area (TPSA) is 77.1 Å². The van der Waals surface area contributed by atoms with Crippen molar-refractivity contribution in [3.05, 3.63) is 71.8 Å². The molecule has 0 saturated heterocycles. The van der Waals surface area contributed by atoms with E-state index >= 15 is 0 Å². The summed E-state index contributed by atoms with van der Waals surface area (Å²) in [5.74, 6) is 1.000. The molecule has 3 aromatic carbocycles. The molecule has 0 aromatic heterocycles. The van der Waals surface area contributed by atoms with Gasteiger partial charge < -0.3 is 20.1 Å². The van der Waals surface area contributed by atoms with E-state index in [1.165, 1.54) is 0 Å². The molecular formula is C24H23N3O3. The van der Waals surface area contributed by atoms with E-state index in [0.717, 1.165) is 33.8 Å². The van der Waals surface area contributed by atoms with E-state index in [9.17, 15) is 4.79 Å². The lowest BCUT2D eigenvalue weighted by atomic mass is 10.0. The predicted octanol–water partition coefficient (Wildman–Crippen LogP) is 4.39. The Morgan fingerprint density at radius 2 is 1.77 bits per heavy atom. The summed E-state index contributed by atoms with van der Waals surface area (Å²) in [4.78, 5) is 17.9. The summed E-state index contributed by atoms with van der Waals surface area (Å²) in [6.45, 7) is 3.05. The fourth-order valence-electron chi connectivity index (χ4n) is 3.53. The first-order chi connectivity index (χ1) is 14.6. The lowest BCUT2D eigenvalue weighted by Gasteiger charge is -2.28. The van der Waals surface area contributed by atoms with Gasteiger partial charge in [-0.2, -0.15) is 0 Å². The van der Waals surface area contributed by atoms with Gasteiger partial charge >= 0.3 is 0 Å². The number of carbonyl (C=O) groups is 1. The molecule has 0 atom stereocenters. The molecule has 2 N–H and O–H groups in total. The van der Waals surface area contributed by atoms with E-state index in [1.807, 2.05) is 43.5 Å². The lowest BCUT2D eigenvalue weighted by molar-refractivity contribution is 0.100. The van der Waals surface area contributed by atoms with Crippen LogP contribution in [0.15, 0.2) is 65.7 Å². The van der Waals surface area contributed by atoms with Crippen LogP contribution in [0, 0.1) is 0 Å². The van der Waals surface area contributed by atoms with Crippen LogP contribution in [0.25, 0.3) is 11.1 Å². The van der Waals surface area contributed by atoms with Crippen LogP contribution in [-0.2, 0) is 0 Å². The van der Waals surface area contributed by atoms with Crippen molar-refractivity contribution in [1.82, 2.24) is 0 Å². The van der Waals surface area contributed by atoms with Gasteiger partial charge in [-0.1, -0.05) is 12.1 Å². The number of ether oxygens (including phenoxy) is 2. The molecule has 1 aliphatic heterocycles. The van der Waals surface area contributed by atoms with Crippen molar-refractivity contribution in [2.75, 3.05) is 25.3 Å². The Kier molecular flexibility index (Phi) is 5.39. The average Bonchev–Trinajstić information content (AvgIpc) is 2.79. The molecule has 0 spiro atoms. The monoisotopic (exact) mass is 401 g/mol. The summed E-state index contributed by atoms with van der Waals surface area (Å²) in [5.41, 5.74) is 11.0. The van der Waals surface area contributed by atoms with Crippen LogP contribution in [0.4, 0.5) is 11.4 Å². The Balaban J connectivity index is 1.67. The highest BCUT2D eigenvalue weighted by molar-refractivity contribution is 5.95. The summed E-state index contributed by atoms with van der Waals surface area (Å²) in [6.07, 6.45) is 1.89. The zero-order valence-electron chi connectivity index (χ0n) is 17.0. The fourth-order valence-corrected chi connectivity index (χ4v) is 3.53. The van der Waals surface area contributed by atoms with Gasteiger partial charge in [-0.3, -0.25) is 9.79 Å². The standard InChI is InChI=1S/C24H23N3O3/c1-3-30-22-11-7-18(13-23(22)29-2)17-6-10-21-19(12-17)14-26-15-27(21)20-8-4-16(5-9-20)24(25)28/h4-14H,3,15H2,1-2H3,(H2,25,28). The summed E-state index contributed by atoms with van der Waals surface area (Å²) in [6, 6.07) is 19.4. The van der Waals surface area contributed by atoms with Crippen LogP contribution in [0.2, 0.25) is 0 Å². The number of amides is 1. The molecule has 4 rings (SSSR count). The number of rotatable bonds is 6. The van der Waals surface area contributed by atoms with Crippen molar-refractivity contribution in [2.45, 2.75) is 6.92 Å². The number of nitrogens with two attached hydrogens (primary N) is 1. The first-order valence-electron chi connectivity index (χ1n) is 9.73. The van der Waals surface area contributed by atoms with E-state index in [0.29, 0.717) is 24.6 Å². The lowest BCUT2D eigenvalue weighted by Crippen LogP contribution is -2.22. The molecule has 30 heavy (non-hydrogen) atoms. The second kappa shape index (κ2) is 8.29. The van der Waals surface area contributed by atoms with Crippen molar-refractivity contribution in [1.29, 1.82) is 0 Å². The van der Waals surface area contributed by atoms with E-state index in [4.69, 9.17) is 15.2 Å². The molecule has 6 heteroatoms. The van der Waals surface area contributed by atoms with E-state index < -0.39 is 5.91 Å². The highest BCUT2D eigenvalue weighted by atomic mass is 16.5. The number of anilines is 2. The van der Waals surface area contributed by atoms with Gasteiger partial charge in [0.2, 0.25) is 5.91 Å². The molecule has 1 heterocycles. The Bertz CT molecular complexity index is 1110. The van der Waals surface area contributed by atoms with Gasteiger partial charge in [0.25, 0.3) is 0 Å². The normalized spacial score (nSPS) is 12.4. The van der Waals surface area contributed by atoms with Gasteiger partial charge in [-0.15, -0.1) is 0 Å². The van der Waals surface area contributed by atoms with Gasteiger partial charge in [-0.25, -0.2) is 0 Å². The van der Waals surface area contributed by atoms with Crippen molar-refractivity contribution in [2.24, 2.45) is 10.7 Å². The number of nitrogens with zero attached hydrogens (tertiary/aromatic N) is 2. The summed E-state index contributed by atoms with van der Waals surface area (Å²) in [7, 11) is 1.64. The van der Waals surface area contributed by atoms with Crippen LogP contribution in [-0.4, -0.2) is 32.5 Å². The highest BCUT2D eigenvalue weighted by Crippen LogP contribution is 2.36. The SMILES string of the molecule is CCOc1ccc(-c2ccc3c(c2)C=NCN3c2ccc(C(N)=O)cc2)cc1OC. The summed E-state index contributed by atoms with van der Waals surface area (Å²) >= 11 is 0. The second-order valence-electron chi connectivity index (χ2n) is 6.86. The van der Waals surface area contributed by atoms with Gasteiger partial charge in [0.05, 0.1) is 19.4 Å². The molecule has 6 nitrogen and oxygen atoms in total. The molecule has 0 fully saturated rings. The Labute approximate surface area is 175 Å². The summed E-state index contributed by atoms with van der Waals surface area (Å²) < 4.78 is 11.1. The first-order valence-corrected chi connectivity index (χ1v) is 9.73. The van der Waals surface area contributed by atoms with Crippen LogP contribution in [0.1, 0.15) is 22.8 Å². The zero-order valence-corrected chi connectivity index (χ0v) is 17.0. The zero-order chi connectivity index (χ0) is 21.1. The van der Waals surface area contributed by atoms with Gasteiger partial charge in [-0.05, 0) is 66.6 Å². The van der Waals surface area contributed by atoms with Crippen molar-refractivity contribution in [3.63, 3.8) is 0 Å². The number of aliphatic imine (C=N–C) groups is 1. The van der Waals surface area contributed by atoms with E-state index in [-0.39, 0.29) is 0 Å². The number of benzene rings is 3. The van der Waals surface area contributed by atoms with Gasteiger partial charge in [0.15, 0.2) is 11.5 Å². The summed E-state index contributed by atoms with van der Waals surface area (Å²) in [5, 5.41) is 0. The molecular weight excluding hydrogens is 378 g/mol. The minimum atomic E-state index is -0.436. The molecule has 0 saturated carbocycles. The molecule has 0 aliphatic carbocycles. The number of carbonyl (C=O) groups excluding carboxylic acids is 1.